The molecule has 0 spiro atoms. The largest absolute Gasteiger partial charge is 0.398 e. The van der Waals surface area contributed by atoms with Gasteiger partial charge >= 0.3 is 0 Å². The highest BCUT2D eigenvalue weighted by molar-refractivity contribution is 6.25. The summed E-state index contributed by atoms with van der Waals surface area (Å²) in [5.41, 5.74) is 7.16. The Morgan fingerprint density at radius 2 is 1.29 bits per heavy atom. The van der Waals surface area contributed by atoms with Gasteiger partial charge in [0.2, 0.25) is 35.4 Å². The Morgan fingerprint density at radius 1 is 0.722 bits per heavy atom. The van der Waals surface area contributed by atoms with Crippen molar-refractivity contribution in [3.63, 3.8) is 0 Å². The van der Waals surface area contributed by atoms with Crippen LogP contribution >= 0.6 is 0 Å². The monoisotopic (exact) mass is 993 g/mol. The Hall–Kier alpha value is -6.83. The van der Waals surface area contributed by atoms with E-state index >= 15 is 0 Å². The predicted molar refractivity (Wildman–Crippen MR) is 266 cm³/mol. The number of aryl methyl sites for hydroxylation is 1. The number of epoxide rings is 1. The predicted octanol–water partition coefficient (Wildman–Crippen LogP) is 2.25. The maximum Gasteiger partial charge on any atom is 0.264 e. The second-order valence-corrected chi connectivity index (χ2v) is 19.8. The number of carbonyl (C=O) groups excluding carboxylic acids is 9. The number of nitrogens with one attached hydrogen (secondary N) is 5. The van der Waals surface area contributed by atoms with E-state index in [4.69, 9.17) is 15.2 Å². The first-order chi connectivity index (χ1) is 34.3. The van der Waals surface area contributed by atoms with Gasteiger partial charge in [-0.15, -0.1) is 0 Å². The van der Waals surface area contributed by atoms with Crippen LogP contribution in [-0.2, 0) is 55.9 Å². The van der Waals surface area contributed by atoms with Gasteiger partial charge in [-0.25, -0.2) is 0 Å². The molecule has 3 saturated heterocycles. The number of hydrogen-bond donors (Lipinski definition) is 6. The number of amides is 8. The summed E-state index contributed by atoms with van der Waals surface area (Å²) in [6, 6.07) is 19.0. The number of fused-ring (bicyclic) bond motifs is 1. The van der Waals surface area contributed by atoms with Crippen LogP contribution in [0.4, 0.5) is 5.69 Å². The number of ether oxygens (including phenoxy) is 2. The average molecular weight is 993 g/mol. The first-order valence-corrected chi connectivity index (χ1v) is 24.7. The number of morpholine rings is 1. The van der Waals surface area contributed by atoms with Crippen LogP contribution in [0.15, 0.2) is 78.9 Å². The van der Waals surface area contributed by atoms with Gasteiger partial charge < -0.3 is 36.5 Å². The molecule has 0 aromatic heterocycles. The van der Waals surface area contributed by atoms with Gasteiger partial charge in [0.15, 0.2) is 5.78 Å². The van der Waals surface area contributed by atoms with Crippen LogP contribution in [0.2, 0.25) is 0 Å². The first kappa shape index (κ1) is 54.5. The lowest BCUT2D eigenvalue weighted by Gasteiger charge is -2.29. The lowest BCUT2D eigenvalue weighted by atomic mass is 9.93. The number of Topliss-reactive ketones (excluding diaryl/α,β-unsaturated/α-hetero) is 1. The zero-order valence-corrected chi connectivity index (χ0v) is 41.7. The smallest absolute Gasteiger partial charge is 0.264 e. The number of rotatable bonds is 21. The molecular formula is C53H68N8O11. The van der Waals surface area contributed by atoms with Crippen LogP contribution in [0.3, 0.4) is 0 Å². The van der Waals surface area contributed by atoms with E-state index in [0.717, 1.165) is 16.0 Å². The summed E-state index contributed by atoms with van der Waals surface area (Å²) in [6.45, 7) is 12.3. The standard InChI is InChI=1S/C40H57N5O7.C13H11N3O4/c1-27(2)22-32(36(47)40(5)26-52-40)42-39(50)34(24-30-14-10-7-11-15-30)44-38(49)33(23-28(3)4)43-37(48)31(17-16-29-12-8-6-9-13-29)41-35(46)25-45-18-20-51-21-19-45;14-7-3-1-2-6-10(7)13(20)16(12(6)19)8-4-5-9(17)15-11(8)18/h6-15,27-28,31-34H,16-26H2,1-5H3,(H,41,46)(H,42,50)(H,43,48)(H,44,49);1-3,8H,4-5,14H2,(H,15,17,18)/t31-,32-,33-,34-,40+;/m0./s1. The van der Waals surface area contributed by atoms with Crippen LogP contribution in [0.1, 0.15) is 98.6 Å². The summed E-state index contributed by atoms with van der Waals surface area (Å²) >= 11 is 0. The number of anilines is 1. The molecule has 0 saturated carbocycles. The van der Waals surface area contributed by atoms with E-state index in [2.05, 4.69) is 26.6 Å². The minimum Gasteiger partial charge on any atom is -0.398 e. The molecule has 0 bridgehead atoms. The molecule has 19 nitrogen and oxygen atoms in total. The molecule has 0 aliphatic carbocycles. The molecule has 4 aliphatic rings. The molecule has 72 heavy (non-hydrogen) atoms. The Labute approximate surface area is 420 Å². The number of benzene rings is 3. The van der Waals surface area contributed by atoms with Crippen molar-refractivity contribution in [2.24, 2.45) is 11.8 Å². The Kier molecular flexibility index (Phi) is 18.9. The van der Waals surface area contributed by atoms with Crippen molar-refractivity contribution in [2.75, 3.05) is 45.2 Å². The van der Waals surface area contributed by atoms with E-state index in [9.17, 15) is 43.2 Å². The number of piperidine rings is 1. The Balaban J connectivity index is 0.000000349. The molecule has 6 atom stereocenters. The zero-order chi connectivity index (χ0) is 52.1. The summed E-state index contributed by atoms with van der Waals surface area (Å²) in [4.78, 5) is 119. The average Bonchev–Trinajstić information content (AvgIpc) is 4.05. The van der Waals surface area contributed by atoms with Gasteiger partial charge in [0.1, 0.15) is 29.8 Å². The summed E-state index contributed by atoms with van der Waals surface area (Å²) in [6.07, 6.45) is 1.99. The third-order valence-electron chi connectivity index (χ3n) is 12.9. The summed E-state index contributed by atoms with van der Waals surface area (Å²) in [5.74, 6) is -4.00. The quantitative estimate of drug-likeness (QED) is 0.0509. The Bertz CT molecular complexity index is 2460. The number of carbonyl (C=O) groups is 9. The second kappa shape index (κ2) is 25.0. The van der Waals surface area contributed by atoms with Crippen molar-refractivity contribution in [2.45, 2.75) is 115 Å². The number of nitrogens with two attached hydrogens (primary N) is 1. The molecular weight excluding hydrogens is 925 g/mol. The number of hydrogen-bond acceptors (Lipinski definition) is 13. The molecule has 3 fully saturated rings. The van der Waals surface area contributed by atoms with Crippen LogP contribution in [-0.4, -0.2) is 138 Å². The molecule has 3 aromatic carbocycles. The summed E-state index contributed by atoms with van der Waals surface area (Å²) in [7, 11) is 0. The van der Waals surface area contributed by atoms with E-state index in [1.807, 2.05) is 93.3 Å². The topological polar surface area (TPSA) is 268 Å². The molecule has 4 heterocycles. The van der Waals surface area contributed by atoms with E-state index in [1.54, 1.807) is 13.0 Å². The number of nitrogens with zero attached hydrogens (tertiary/aromatic N) is 2. The lowest BCUT2D eigenvalue weighted by molar-refractivity contribution is -0.136. The molecule has 386 valence electrons. The highest BCUT2D eigenvalue weighted by Crippen LogP contribution is 2.31. The maximum atomic E-state index is 14.1. The normalized spacial score (nSPS) is 20.3. The Morgan fingerprint density at radius 3 is 1.89 bits per heavy atom. The third kappa shape index (κ3) is 14.9. The van der Waals surface area contributed by atoms with Crippen molar-refractivity contribution < 1.29 is 52.6 Å². The molecule has 8 amide bonds. The summed E-state index contributed by atoms with van der Waals surface area (Å²) < 4.78 is 10.8. The molecule has 19 heteroatoms. The van der Waals surface area contributed by atoms with Gasteiger partial charge in [-0.3, -0.25) is 58.3 Å². The van der Waals surface area contributed by atoms with Gasteiger partial charge in [0.05, 0.1) is 43.5 Å². The molecule has 1 unspecified atom stereocenters. The van der Waals surface area contributed by atoms with Crippen LogP contribution in [0, 0.1) is 11.8 Å². The van der Waals surface area contributed by atoms with Crippen molar-refractivity contribution in [1.29, 1.82) is 0 Å². The van der Waals surface area contributed by atoms with Crippen molar-refractivity contribution in [1.82, 2.24) is 36.4 Å². The highest BCUT2D eigenvalue weighted by atomic mass is 16.6. The second-order valence-electron chi connectivity index (χ2n) is 19.8. The van der Waals surface area contributed by atoms with Gasteiger partial charge in [0.25, 0.3) is 11.8 Å². The van der Waals surface area contributed by atoms with Crippen molar-refractivity contribution >= 4 is 58.7 Å². The van der Waals surface area contributed by atoms with Crippen LogP contribution < -0.4 is 32.3 Å². The molecule has 7 rings (SSSR count). The fourth-order valence-corrected chi connectivity index (χ4v) is 8.87. The maximum absolute atomic E-state index is 14.1. The zero-order valence-electron chi connectivity index (χ0n) is 41.7. The van der Waals surface area contributed by atoms with Crippen LogP contribution in [0.25, 0.3) is 0 Å². The van der Waals surface area contributed by atoms with Crippen molar-refractivity contribution in [3.8, 4) is 0 Å². The highest BCUT2D eigenvalue weighted by Gasteiger charge is 2.50. The van der Waals surface area contributed by atoms with E-state index in [-0.39, 0.29) is 66.1 Å². The van der Waals surface area contributed by atoms with Gasteiger partial charge in [-0.05, 0) is 74.1 Å². The molecule has 0 radical (unpaired) electrons. The number of imide groups is 2. The van der Waals surface area contributed by atoms with E-state index in [1.165, 1.54) is 12.1 Å². The fourth-order valence-electron chi connectivity index (χ4n) is 8.87. The number of nitrogen functional groups attached to an aromatic ring is 1. The fraction of sp³-hybridized carbons (Fsp3) is 0.491. The molecule has 4 aliphatic heterocycles. The van der Waals surface area contributed by atoms with Gasteiger partial charge in [-0.2, -0.15) is 0 Å². The van der Waals surface area contributed by atoms with Crippen molar-refractivity contribution in [3.05, 3.63) is 101 Å². The van der Waals surface area contributed by atoms with Crippen LogP contribution in [0.5, 0.6) is 0 Å². The minimum atomic E-state index is -1.03. The van der Waals surface area contributed by atoms with E-state index < -0.39 is 77.2 Å². The van der Waals surface area contributed by atoms with Gasteiger partial charge in [0, 0.05) is 31.6 Å². The third-order valence-corrected chi connectivity index (χ3v) is 12.9. The molecule has 7 N–H and O–H groups in total. The van der Waals surface area contributed by atoms with E-state index in [0.29, 0.717) is 58.6 Å². The lowest BCUT2D eigenvalue weighted by Crippen LogP contribution is -2.59. The first-order valence-electron chi connectivity index (χ1n) is 24.7. The summed E-state index contributed by atoms with van der Waals surface area (Å²) in [5, 5.41) is 13.8. The number of ketones is 1. The molecule has 3 aromatic rings. The SMILES string of the molecule is CC(C)C[C@H](NC(=O)[C@H](CCc1ccccc1)NC(=O)CN1CCOCC1)C(=O)N[C@@H](Cc1ccccc1)C(=O)N[C@@H](CC(C)C)C(=O)[C@@]1(C)CO1.Nc1cccc2c1C(=O)N(C1CCC(=O)NC1=O)C2=O. The van der Waals surface area contributed by atoms with Gasteiger partial charge in [-0.1, -0.05) is 94.4 Å². The minimum absolute atomic E-state index is 0.0171.